The molecule has 0 saturated heterocycles. The number of nitrogens with one attached hydrogen (secondary N) is 1. The van der Waals surface area contributed by atoms with Crippen molar-refractivity contribution in [3.05, 3.63) is 89.5 Å². The lowest BCUT2D eigenvalue weighted by molar-refractivity contribution is -0.128. The summed E-state index contributed by atoms with van der Waals surface area (Å²) < 4.78 is 31.4. The molecule has 3 aromatic carbocycles. The zero-order valence-corrected chi connectivity index (χ0v) is 20.0. The molecule has 3 aromatic rings. The largest absolute Gasteiger partial charge is 0.477 e. The molecule has 0 fully saturated rings. The van der Waals surface area contributed by atoms with Gasteiger partial charge in [-0.3, -0.25) is 13.9 Å². The molecule has 0 spiro atoms. The molecule has 180 valence electrons. The summed E-state index contributed by atoms with van der Waals surface area (Å²) >= 11 is 0. The lowest BCUT2D eigenvalue weighted by Gasteiger charge is -2.34. The van der Waals surface area contributed by atoms with Gasteiger partial charge in [0.1, 0.15) is 5.75 Å². The highest BCUT2D eigenvalue weighted by molar-refractivity contribution is 7.92. The predicted molar refractivity (Wildman–Crippen MR) is 133 cm³/mol. The van der Waals surface area contributed by atoms with Crippen LogP contribution in [0.3, 0.4) is 0 Å². The van der Waals surface area contributed by atoms with Crippen molar-refractivity contribution in [2.75, 3.05) is 28.6 Å². The number of hydrogen-bond donors (Lipinski definition) is 1. The first-order valence-electron chi connectivity index (χ1n) is 11.3. The van der Waals surface area contributed by atoms with Gasteiger partial charge in [-0.1, -0.05) is 42.5 Å². The minimum Gasteiger partial charge on any atom is -0.477 e. The summed E-state index contributed by atoms with van der Waals surface area (Å²) in [6.07, 6.45) is 0.843. The van der Waals surface area contributed by atoms with Crippen LogP contribution in [0.5, 0.6) is 5.75 Å². The van der Waals surface area contributed by atoms with Gasteiger partial charge in [-0.05, 0) is 47.9 Å². The molecular weight excluding hydrogens is 466 g/mol. The quantitative estimate of drug-likeness (QED) is 0.592. The Morgan fingerprint density at radius 2 is 1.74 bits per heavy atom. The van der Waals surface area contributed by atoms with Crippen molar-refractivity contribution in [3.8, 4) is 5.75 Å². The summed E-state index contributed by atoms with van der Waals surface area (Å²) in [5, 5.41) is 2.89. The predicted octanol–water partition coefficient (Wildman–Crippen LogP) is 2.73. The Morgan fingerprint density at radius 1 is 1.00 bits per heavy atom. The summed E-state index contributed by atoms with van der Waals surface area (Å²) in [6, 6.07) is 21.7. The third kappa shape index (κ3) is 4.59. The van der Waals surface area contributed by atoms with E-state index in [4.69, 9.17) is 4.74 Å². The van der Waals surface area contributed by atoms with Crippen LogP contribution in [0.2, 0.25) is 0 Å². The van der Waals surface area contributed by atoms with Crippen LogP contribution in [0.25, 0.3) is 0 Å². The maximum atomic E-state index is 13.6. The Hall–Kier alpha value is -3.85. The second-order valence-electron chi connectivity index (χ2n) is 8.62. The molecule has 2 amide bonds. The monoisotopic (exact) mass is 491 g/mol. The topological polar surface area (TPSA) is 96.0 Å². The van der Waals surface area contributed by atoms with Gasteiger partial charge < -0.3 is 15.0 Å². The van der Waals surface area contributed by atoms with Gasteiger partial charge in [0, 0.05) is 18.7 Å². The highest BCUT2D eigenvalue weighted by atomic mass is 32.2. The number of hydrogen-bond acceptors (Lipinski definition) is 5. The van der Waals surface area contributed by atoms with E-state index in [1.807, 2.05) is 36.4 Å². The molecule has 2 aliphatic rings. The fourth-order valence-electron chi connectivity index (χ4n) is 4.47. The number of rotatable bonds is 5. The maximum absolute atomic E-state index is 13.6. The number of carbonyl (C=O) groups excluding carboxylic acids is 2. The highest BCUT2D eigenvalue weighted by Crippen LogP contribution is 2.36. The molecule has 0 bridgehead atoms. The van der Waals surface area contributed by atoms with Crippen molar-refractivity contribution in [2.45, 2.75) is 19.1 Å². The Labute approximate surface area is 204 Å². The van der Waals surface area contributed by atoms with E-state index in [0.717, 1.165) is 11.1 Å². The van der Waals surface area contributed by atoms with E-state index in [1.54, 1.807) is 41.3 Å². The van der Waals surface area contributed by atoms with E-state index in [9.17, 15) is 18.0 Å². The summed E-state index contributed by atoms with van der Waals surface area (Å²) in [4.78, 5) is 28.1. The number of nitrogens with zero attached hydrogens (tertiary/aromatic N) is 2. The second kappa shape index (κ2) is 9.07. The van der Waals surface area contributed by atoms with Crippen LogP contribution in [-0.4, -0.2) is 45.7 Å². The van der Waals surface area contributed by atoms with E-state index in [2.05, 4.69) is 5.32 Å². The van der Waals surface area contributed by atoms with E-state index >= 15 is 0 Å². The molecule has 0 unspecified atom stereocenters. The van der Waals surface area contributed by atoms with E-state index < -0.39 is 16.1 Å². The lowest BCUT2D eigenvalue weighted by atomic mass is 10.1. The SMILES string of the molecule is CS(=O)(=O)N1CCc2cc(C(=O)N3C[C@@H](C(=O)NCc4ccccc4)Oc4ccccc43)ccc21. The van der Waals surface area contributed by atoms with Crippen molar-refractivity contribution in [1.82, 2.24) is 5.32 Å². The number of para-hydroxylation sites is 2. The van der Waals surface area contributed by atoms with Crippen molar-refractivity contribution >= 4 is 33.2 Å². The Morgan fingerprint density at radius 3 is 2.51 bits per heavy atom. The molecule has 1 atom stereocenters. The Kier molecular flexibility index (Phi) is 5.94. The van der Waals surface area contributed by atoms with Crippen molar-refractivity contribution < 1.29 is 22.7 Å². The maximum Gasteiger partial charge on any atom is 0.263 e. The number of benzene rings is 3. The first kappa shape index (κ1) is 22.9. The van der Waals surface area contributed by atoms with Crippen LogP contribution in [0.4, 0.5) is 11.4 Å². The molecule has 2 heterocycles. The van der Waals surface area contributed by atoms with Gasteiger partial charge >= 0.3 is 0 Å². The smallest absolute Gasteiger partial charge is 0.263 e. The molecular formula is C26H25N3O5S. The number of anilines is 2. The normalized spacial score (nSPS) is 16.8. The average molecular weight is 492 g/mol. The van der Waals surface area contributed by atoms with Crippen LogP contribution >= 0.6 is 0 Å². The van der Waals surface area contributed by atoms with Gasteiger partial charge in [0.05, 0.1) is 24.2 Å². The molecule has 0 aliphatic carbocycles. The fourth-order valence-corrected chi connectivity index (χ4v) is 5.43. The van der Waals surface area contributed by atoms with Crippen molar-refractivity contribution in [3.63, 3.8) is 0 Å². The standard InChI is InChI=1S/C26H25N3O5S/c1-35(32,33)29-14-13-19-15-20(11-12-21(19)29)26(31)28-17-24(34-23-10-6-5-9-22(23)28)25(30)27-16-18-7-3-2-4-8-18/h2-12,15,24H,13-14,16-17H2,1H3,(H,27,30)/t24-/m0/s1. The Bertz CT molecular complexity index is 1390. The number of sulfonamides is 1. The van der Waals surface area contributed by atoms with E-state index in [1.165, 1.54) is 10.6 Å². The number of ether oxygens (including phenoxy) is 1. The molecule has 1 N–H and O–H groups in total. The van der Waals surface area contributed by atoms with Crippen molar-refractivity contribution in [1.29, 1.82) is 0 Å². The van der Waals surface area contributed by atoms with Gasteiger partial charge in [0.15, 0.2) is 6.10 Å². The number of carbonyl (C=O) groups is 2. The van der Waals surface area contributed by atoms with Crippen LogP contribution in [0.15, 0.2) is 72.8 Å². The summed E-state index contributed by atoms with van der Waals surface area (Å²) in [7, 11) is -3.37. The first-order valence-corrected chi connectivity index (χ1v) is 13.2. The molecule has 8 nitrogen and oxygen atoms in total. The number of amides is 2. The van der Waals surface area contributed by atoms with Crippen LogP contribution in [-0.2, 0) is 27.8 Å². The van der Waals surface area contributed by atoms with Crippen LogP contribution < -0.4 is 19.3 Å². The highest BCUT2D eigenvalue weighted by Gasteiger charge is 2.35. The van der Waals surface area contributed by atoms with E-state index in [-0.39, 0.29) is 18.4 Å². The average Bonchev–Trinajstić information content (AvgIpc) is 3.31. The second-order valence-corrected chi connectivity index (χ2v) is 10.5. The zero-order chi connectivity index (χ0) is 24.6. The molecule has 35 heavy (non-hydrogen) atoms. The molecule has 0 radical (unpaired) electrons. The van der Waals surface area contributed by atoms with Crippen LogP contribution in [0.1, 0.15) is 21.5 Å². The van der Waals surface area contributed by atoms with Gasteiger partial charge in [0.2, 0.25) is 10.0 Å². The summed E-state index contributed by atoms with van der Waals surface area (Å²) in [5.74, 6) is -0.127. The Balaban J connectivity index is 1.38. The molecule has 5 rings (SSSR count). The molecule has 9 heteroatoms. The van der Waals surface area contributed by atoms with Gasteiger partial charge in [-0.15, -0.1) is 0 Å². The molecule has 0 aromatic heterocycles. The third-order valence-corrected chi connectivity index (χ3v) is 7.38. The number of fused-ring (bicyclic) bond motifs is 2. The fraction of sp³-hybridized carbons (Fsp3) is 0.231. The van der Waals surface area contributed by atoms with E-state index in [0.29, 0.717) is 42.2 Å². The van der Waals surface area contributed by atoms with Gasteiger partial charge in [-0.25, -0.2) is 8.42 Å². The zero-order valence-electron chi connectivity index (χ0n) is 19.2. The first-order chi connectivity index (χ1) is 16.8. The van der Waals surface area contributed by atoms with Crippen LogP contribution in [0, 0.1) is 0 Å². The van der Waals surface area contributed by atoms with Gasteiger partial charge in [-0.2, -0.15) is 0 Å². The summed E-state index contributed by atoms with van der Waals surface area (Å²) in [5.41, 5.74) is 3.39. The lowest BCUT2D eigenvalue weighted by Crippen LogP contribution is -2.50. The minimum absolute atomic E-state index is 0.0586. The summed E-state index contributed by atoms with van der Waals surface area (Å²) in [6.45, 7) is 0.773. The molecule has 2 aliphatic heterocycles. The third-order valence-electron chi connectivity index (χ3n) is 6.20. The van der Waals surface area contributed by atoms with Gasteiger partial charge in [0.25, 0.3) is 11.8 Å². The van der Waals surface area contributed by atoms with Crippen molar-refractivity contribution in [2.24, 2.45) is 0 Å². The minimum atomic E-state index is -3.37. The molecule has 0 saturated carbocycles.